The Morgan fingerprint density at radius 2 is 1.56 bits per heavy atom. The van der Waals surface area contributed by atoms with E-state index in [0.29, 0.717) is 32.4 Å². The smallest absolute Gasteiger partial charge is 0.374 e. The van der Waals surface area contributed by atoms with Crippen LogP contribution >= 0.6 is 0 Å². The van der Waals surface area contributed by atoms with Crippen LogP contribution < -0.4 is 11.1 Å². The van der Waals surface area contributed by atoms with Gasteiger partial charge in [-0.05, 0) is 20.8 Å². The third-order valence-electron chi connectivity index (χ3n) is 1.82. The highest BCUT2D eigenvalue weighted by Gasteiger charge is 2.39. The van der Waals surface area contributed by atoms with Crippen LogP contribution in [0.15, 0.2) is 0 Å². The lowest BCUT2D eigenvalue weighted by Gasteiger charge is -2.28. The summed E-state index contributed by atoms with van der Waals surface area (Å²) in [6, 6.07) is -0.0155. The molecule has 0 aliphatic carbocycles. The van der Waals surface area contributed by atoms with E-state index < -0.39 is 14.8 Å². The predicted molar refractivity (Wildman–Crippen MR) is 63.0 cm³/mol. The van der Waals surface area contributed by atoms with Crippen LogP contribution in [0.1, 0.15) is 20.8 Å². The Hall–Kier alpha value is -0.633. The van der Waals surface area contributed by atoms with E-state index in [-0.39, 0.29) is 0 Å². The first kappa shape index (κ1) is 15.4. The number of hydrogen-bond acceptors (Lipinski definition) is 4. The van der Waals surface area contributed by atoms with Gasteiger partial charge in [-0.3, -0.25) is 0 Å². The molecule has 96 valence electrons. The molecule has 7 heteroatoms. The monoisotopic (exact) mass is 250 g/mol. The van der Waals surface area contributed by atoms with Gasteiger partial charge in [-0.25, -0.2) is 4.79 Å². The maximum atomic E-state index is 10.6. The Morgan fingerprint density at radius 1 is 1.12 bits per heavy atom. The largest absolute Gasteiger partial charge is 0.502 e. The lowest BCUT2D eigenvalue weighted by Crippen LogP contribution is -2.48. The van der Waals surface area contributed by atoms with Gasteiger partial charge in [-0.2, -0.15) is 0 Å². The minimum absolute atomic E-state index is 0.404. The van der Waals surface area contributed by atoms with Crippen LogP contribution in [0.2, 0.25) is 6.04 Å². The van der Waals surface area contributed by atoms with E-state index in [9.17, 15) is 4.79 Å². The van der Waals surface area contributed by atoms with Crippen molar-refractivity contribution < 1.29 is 18.1 Å². The second-order valence-corrected chi connectivity index (χ2v) is 5.76. The Morgan fingerprint density at radius 3 is 1.88 bits per heavy atom. The topological polar surface area (TPSA) is 82.8 Å². The second kappa shape index (κ2) is 8.51. The van der Waals surface area contributed by atoms with E-state index in [1.807, 2.05) is 20.8 Å². The molecule has 16 heavy (non-hydrogen) atoms. The van der Waals surface area contributed by atoms with E-state index in [2.05, 4.69) is 5.32 Å². The van der Waals surface area contributed by atoms with Crippen molar-refractivity contribution in [2.45, 2.75) is 26.8 Å². The van der Waals surface area contributed by atoms with Crippen molar-refractivity contribution >= 4 is 14.8 Å². The fraction of sp³-hybridized carbons (Fsp3) is 0.889. The molecule has 0 saturated heterocycles. The molecule has 0 unspecified atom stereocenters. The van der Waals surface area contributed by atoms with Crippen molar-refractivity contribution in [3.63, 3.8) is 0 Å². The zero-order chi connectivity index (χ0) is 12.4. The average molecular weight is 250 g/mol. The molecule has 0 aromatic heterocycles. The molecule has 0 saturated carbocycles. The van der Waals surface area contributed by atoms with Gasteiger partial charge in [0.05, 0.1) is 0 Å². The van der Waals surface area contributed by atoms with Crippen LogP contribution in [0.4, 0.5) is 4.79 Å². The third-order valence-corrected chi connectivity index (χ3v) is 4.87. The predicted octanol–water partition coefficient (Wildman–Crippen LogP) is 0.703. The summed E-state index contributed by atoms with van der Waals surface area (Å²) in [6.07, 6.45) is 0. The molecule has 0 heterocycles. The van der Waals surface area contributed by atoms with Gasteiger partial charge in [0.15, 0.2) is 0 Å². The SMILES string of the molecule is CCO[Si](CCNC(N)=O)(OCC)OCC. The second-order valence-electron chi connectivity index (χ2n) is 3.02. The number of urea groups is 1. The molecule has 0 spiro atoms. The van der Waals surface area contributed by atoms with E-state index in [4.69, 9.17) is 19.0 Å². The molecule has 0 atom stereocenters. The van der Waals surface area contributed by atoms with Crippen LogP contribution in [-0.4, -0.2) is 41.2 Å². The van der Waals surface area contributed by atoms with E-state index >= 15 is 0 Å². The van der Waals surface area contributed by atoms with Crippen LogP contribution in [0, 0.1) is 0 Å². The average Bonchev–Trinajstić information content (AvgIpc) is 2.18. The maximum Gasteiger partial charge on any atom is 0.502 e. The molecule has 0 aromatic carbocycles. The van der Waals surface area contributed by atoms with E-state index in [0.717, 1.165) is 0 Å². The highest BCUT2D eigenvalue weighted by Crippen LogP contribution is 2.15. The minimum atomic E-state index is -2.63. The molecule has 2 amide bonds. The Labute approximate surface area is 97.8 Å². The summed E-state index contributed by atoms with van der Waals surface area (Å²) in [6.45, 7) is 7.67. The van der Waals surface area contributed by atoms with E-state index in [1.165, 1.54) is 0 Å². The van der Waals surface area contributed by atoms with Crippen LogP contribution in [0.25, 0.3) is 0 Å². The van der Waals surface area contributed by atoms with Gasteiger partial charge in [0.1, 0.15) is 0 Å². The van der Waals surface area contributed by atoms with Crippen LogP contribution in [0.3, 0.4) is 0 Å². The molecule has 0 rings (SSSR count). The van der Waals surface area contributed by atoms with Crippen molar-refractivity contribution in [3.05, 3.63) is 0 Å². The van der Waals surface area contributed by atoms with Crippen LogP contribution in [0.5, 0.6) is 0 Å². The highest BCUT2D eigenvalue weighted by molar-refractivity contribution is 6.60. The van der Waals surface area contributed by atoms with E-state index in [1.54, 1.807) is 0 Å². The quantitative estimate of drug-likeness (QED) is 0.590. The van der Waals surface area contributed by atoms with Crippen molar-refractivity contribution in [2.24, 2.45) is 5.73 Å². The number of amides is 2. The molecular weight excluding hydrogens is 228 g/mol. The zero-order valence-corrected chi connectivity index (χ0v) is 11.2. The molecule has 0 aliphatic heterocycles. The number of carbonyl (C=O) groups is 1. The van der Waals surface area contributed by atoms with Crippen molar-refractivity contribution in [1.82, 2.24) is 5.32 Å². The molecule has 0 aliphatic rings. The Kier molecular flexibility index (Phi) is 8.17. The molecule has 0 radical (unpaired) electrons. The molecule has 6 nitrogen and oxygen atoms in total. The summed E-state index contributed by atoms with van der Waals surface area (Å²) >= 11 is 0. The summed E-state index contributed by atoms with van der Waals surface area (Å²) in [7, 11) is -2.63. The number of hydrogen-bond donors (Lipinski definition) is 2. The van der Waals surface area contributed by atoms with Gasteiger partial charge in [0.2, 0.25) is 0 Å². The number of carbonyl (C=O) groups excluding carboxylic acids is 1. The van der Waals surface area contributed by atoms with Gasteiger partial charge in [0.25, 0.3) is 0 Å². The number of primary amides is 1. The molecule has 0 fully saturated rings. The van der Waals surface area contributed by atoms with Crippen molar-refractivity contribution in [1.29, 1.82) is 0 Å². The highest BCUT2D eigenvalue weighted by atomic mass is 28.4. The third kappa shape index (κ3) is 6.06. The van der Waals surface area contributed by atoms with Gasteiger partial charge in [-0.15, -0.1) is 0 Å². The molecular formula is C9H22N2O4Si. The molecule has 3 N–H and O–H groups in total. The first-order valence-corrected chi connectivity index (χ1v) is 7.48. The summed E-state index contributed by atoms with van der Waals surface area (Å²) < 4.78 is 16.8. The first-order chi connectivity index (χ1) is 7.60. The van der Waals surface area contributed by atoms with Gasteiger partial charge < -0.3 is 24.3 Å². The maximum absolute atomic E-state index is 10.6. The zero-order valence-electron chi connectivity index (χ0n) is 10.2. The van der Waals surface area contributed by atoms with Gasteiger partial charge in [0, 0.05) is 32.4 Å². The molecule has 0 bridgehead atoms. The minimum Gasteiger partial charge on any atom is -0.374 e. The lowest BCUT2D eigenvalue weighted by molar-refractivity contribution is 0.0716. The Bertz CT molecular complexity index is 187. The number of nitrogens with two attached hydrogens (primary N) is 1. The summed E-state index contributed by atoms with van der Waals surface area (Å²) in [5.41, 5.74) is 4.99. The number of rotatable bonds is 9. The fourth-order valence-corrected chi connectivity index (χ4v) is 3.77. The van der Waals surface area contributed by atoms with Crippen LogP contribution in [-0.2, 0) is 13.3 Å². The molecule has 0 aromatic rings. The summed E-state index contributed by atoms with van der Waals surface area (Å²) in [4.78, 5) is 10.6. The Balaban J connectivity index is 4.28. The van der Waals surface area contributed by atoms with Gasteiger partial charge in [-0.1, -0.05) is 0 Å². The lowest BCUT2D eigenvalue weighted by atomic mass is 10.7. The standard InChI is InChI=1S/C9H22N2O4Si/c1-4-13-16(14-5-2,15-6-3)8-7-11-9(10)12/h4-8H2,1-3H3,(H3,10,11,12). The van der Waals surface area contributed by atoms with Gasteiger partial charge >= 0.3 is 14.8 Å². The fourth-order valence-electron chi connectivity index (χ4n) is 1.34. The summed E-state index contributed by atoms with van der Waals surface area (Å²) in [5.74, 6) is 0. The van der Waals surface area contributed by atoms with Crippen molar-refractivity contribution in [3.8, 4) is 0 Å². The van der Waals surface area contributed by atoms with Crippen molar-refractivity contribution in [2.75, 3.05) is 26.4 Å². The first-order valence-electron chi connectivity index (χ1n) is 5.55. The normalized spacial score (nSPS) is 11.4. The number of nitrogens with one attached hydrogen (secondary N) is 1. The summed E-state index contributed by atoms with van der Waals surface area (Å²) in [5, 5.41) is 2.51.